The fourth-order valence-electron chi connectivity index (χ4n) is 3.84. The van der Waals surface area contributed by atoms with Gasteiger partial charge < -0.3 is 34.5 Å². The number of H-pyrrole nitrogens is 2. The van der Waals surface area contributed by atoms with E-state index in [9.17, 15) is 43.3 Å². The second-order valence-corrected chi connectivity index (χ2v) is 12.9. The van der Waals surface area contributed by atoms with Gasteiger partial charge in [-0.05, 0) is 19.8 Å². The van der Waals surface area contributed by atoms with Crippen LogP contribution >= 0.6 is 23.5 Å². The number of aromatic amines is 2. The van der Waals surface area contributed by atoms with Crippen LogP contribution in [0.1, 0.15) is 39.3 Å². The summed E-state index contributed by atoms with van der Waals surface area (Å²) in [5, 5.41) is 21.5. The maximum atomic E-state index is 12.6. The molecule has 3 rings (SSSR count). The summed E-state index contributed by atoms with van der Waals surface area (Å²) >= 11 is 0. The summed E-state index contributed by atoms with van der Waals surface area (Å²) in [6.45, 7) is 3.47. The lowest BCUT2D eigenvalue weighted by molar-refractivity contribution is -0.0804. The first-order chi connectivity index (χ1) is 17.9. The number of phosphoric ester groups is 1. The lowest BCUT2D eigenvalue weighted by Crippen LogP contribution is -2.40. The highest BCUT2D eigenvalue weighted by Crippen LogP contribution is 2.67. The summed E-state index contributed by atoms with van der Waals surface area (Å²) in [5.74, 6) is 0. The van der Waals surface area contributed by atoms with Crippen LogP contribution in [0.15, 0.2) is 27.6 Å². The predicted octanol–water partition coefficient (Wildman–Crippen LogP) is -0.120. The molecule has 0 bridgehead atoms. The molecule has 2 aromatic heterocycles. The van der Waals surface area contributed by atoms with Crippen LogP contribution < -0.4 is 11.2 Å². The lowest BCUT2D eigenvalue weighted by atomic mass is 9.99. The number of nitrogens with one attached hydrogen (secondary N) is 2. The molecule has 3 heterocycles. The van der Waals surface area contributed by atoms with E-state index in [1.54, 1.807) is 13.0 Å². The van der Waals surface area contributed by atoms with Crippen LogP contribution in [0, 0.1) is 0 Å². The molecular weight excluding hydrogens is 593 g/mol. The number of hydrogen-bond acceptors (Lipinski definition) is 12. The Balaban J connectivity index is 1.94. The molecule has 0 saturated carbocycles. The van der Waals surface area contributed by atoms with Crippen LogP contribution in [-0.2, 0) is 31.6 Å². The van der Waals surface area contributed by atoms with Gasteiger partial charge in [-0.3, -0.25) is 23.9 Å². The molecule has 1 aliphatic heterocycles. The third-order valence-electron chi connectivity index (χ3n) is 5.37. The molecule has 0 aromatic carbocycles. The fraction of sp³-hybridized carbons (Fsp3) is 0.588. The molecule has 3 unspecified atom stereocenters. The van der Waals surface area contributed by atoms with E-state index in [4.69, 9.17) is 19.0 Å². The number of aromatic nitrogens is 4. The Labute approximate surface area is 218 Å². The van der Waals surface area contributed by atoms with Crippen molar-refractivity contribution in [2.24, 2.45) is 0 Å². The van der Waals surface area contributed by atoms with Gasteiger partial charge in [0.25, 0.3) is 5.56 Å². The van der Waals surface area contributed by atoms with Crippen LogP contribution in [0.5, 0.6) is 0 Å². The van der Waals surface area contributed by atoms with Gasteiger partial charge in [-0.25, -0.2) is 23.5 Å². The van der Waals surface area contributed by atoms with E-state index < -0.39 is 65.4 Å². The summed E-state index contributed by atoms with van der Waals surface area (Å²) in [7, 11) is -17.1. The smallest absolute Gasteiger partial charge is 0.387 e. The second-order valence-electron chi connectivity index (χ2n) is 8.51. The fourth-order valence-corrected chi connectivity index (χ4v) is 7.04. The normalized spacial score (nSPS) is 26.4. The molecular formula is C17H27N4O15P3. The molecule has 0 spiro atoms. The number of aliphatic hydroxyl groups is 2. The SMILES string of the molecule is CCCC=C(C)CC(OP(=O)(O)OP(=O)(O)OP(=O)(O)O)[C@H]1O[C@@H](n2cnc3c(=O)[nH]c(=O)[nH]c32)[C@H](O)[C@@H]1O. The number of fused-ring (bicyclic) bond motifs is 1. The topological polar surface area (TPSA) is 293 Å². The van der Waals surface area contributed by atoms with Crippen molar-refractivity contribution in [3.05, 3.63) is 38.8 Å². The highest BCUT2D eigenvalue weighted by Gasteiger charge is 2.51. The van der Waals surface area contributed by atoms with E-state index >= 15 is 0 Å². The van der Waals surface area contributed by atoms with Crippen LogP contribution in [0.25, 0.3) is 11.2 Å². The molecule has 220 valence electrons. The number of ether oxygens (including phenoxy) is 1. The molecule has 0 aliphatic carbocycles. The zero-order valence-electron chi connectivity index (χ0n) is 20.3. The van der Waals surface area contributed by atoms with Crippen molar-refractivity contribution < 1.29 is 61.4 Å². The summed E-state index contributed by atoms with van der Waals surface area (Å²) in [4.78, 5) is 68.9. The van der Waals surface area contributed by atoms with Gasteiger partial charge in [0.15, 0.2) is 11.7 Å². The molecule has 0 radical (unpaired) electrons. The summed E-state index contributed by atoms with van der Waals surface area (Å²) in [6, 6.07) is 0. The van der Waals surface area contributed by atoms with E-state index in [2.05, 4.69) is 18.6 Å². The van der Waals surface area contributed by atoms with Crippen LogP contribution in [0.2, 0.25) is 0 Å². The van der Waals surface area contributed by atoms with Crippen molar-refractivity contribution in [2.45, 2.75) is 63.8 Å². The molecule has 2 aromatic rings. The van der Waals surface area contributed by atoms with Crippen molar-refractivity contribution in [3.8, 4) is 0 Å². The van der Waals surface area contributed by atoms with Crippen molar-refractivity contribution in [3.63, 3.8) is 0 Å². The van der Waals surface area contributed by atoms with E-state index in [0.29, 0.717) is 12.0 Å². The van der Waals surface area contributed by atoms with Crippen LogP contribution in [0.3, 0.4) is 0 Å². The largest absolute Gasteiger partial charge is 0.490 e. The van der Waals surface area contributed by atoms with Gasteiger partial charge in [0.2, 0.25) is 0 Å². The number of nitrogens with zero attached hydrogens (tertiary/aromatic N) is 2. The zero-order valence-corrected chi connectivity index (χ0v) is 22.9. The number of aliphatic hydroxyl groups excluding tert-OH is 2. The van der Waals surface area contributed by atoms with Crippen LogP contribution in [-0.4, -0.2) is 73.7 Å². The average molecular weight is 620 g/mol. The Hall–Kier alpha value is -1.82. The van der Waals surface area contributed by atoms with Gasteiger partial charge in [-0.1, -0.05) is 25.0 Å². The van der Waals surface area contributed by atoms with Gasteiger partial charge in [0, 0.05) is 0 Å². The minimum Gasteiger partial charge on any atom is -0.387 e. The Morgan fingerprint density at radius 2 is 1.79 bits per heavy atom. The molecule has 7 atom stereocenters. The molecule has 1 aliphatic rings. The molecule has 8 N–H and O–H groups in total. The first-order valence-electron chi connectivity index (χ1n) is 11.1. The number of hydrogen-bond donors (Lipinski definition) is 8. The first-order valence-corrected chi connectivity index (χ1v) is 15.6. The van der Waals surface area contributed by atoms with E-state index in [1.165, 1.54) is 0 Å². The quantitative estimate of drug-likeness (QED) is 0.113. The number of rotatable bonds is 12. The minimum atomic E-state index is -5.84. The maximum Gasteiger partial charge on any atom is 0.490 e. The standard InChI is InChI=1S/C17H27N4O15P3/c1-3-4-5-8(2)6-9(34-38(29,30)36-39(31,32)35-37(26,27)28)13-11(22)12(23)16(33-13)21-7-18-10-14(21)19-17(25)20-15(10)24/h5,7,9,11-13,16,22-23H,3-4,6H2,1-2H3,(H,29,30)(H,31,32)(H2,26,27,28)(H2,19,20,24,25)/t9?,11-,12+,13+,16+/m0/s1. The third kappa shape index (κ3) is 8.11. The highest BCUT2D eigenvalue weighted by atomic mass is 31.3. The minimum absolute atomic E-state index is 0.177. The van der Waals surface area contributed by atoms with E-state index in [1.807, 2.05) is 11.9 Å². The van der Waals surface area contributed by atoms with E-state index in [-0.39, 0.29) is 17.6 Å². The molecule has 19 nitrogen and oxygen atoms in total. The molecule has 0 amide bonds. The Morgan fingerprint density at radius 3 is 2.41 bits per heavy atom. The molecule has 1 fully saturated rings. The van der Waals surface area contributed by atoms with Gasteiger partial charge in [-0.15, -0.1) is 0 Å². The summed E-state index contributed by atoms with van der Waals surface area (Å²) < 4.78 is 54.5. The molecule has 39 heavy (non-hydrogen) atoms. The Morgan fingerprint density at radius 1 is 1.13 bits per heavy atom. The second kappa shape index (κ2) is 12.0. The Bertz CT molecular complexity index is 1480. The van der Waals surface area contributed by atoms with Crippen LogP contribution in [0.4, 0.5) is 0 Å². The van der Waals surface area contributed by atoms with Crippen molar-refractivity contribution in [2.75, 3.05) is 0 Å². The number of allylic oxidation sites excluding steroid dienone is 1. The van der Waals surface area contributed by atoms with Crippen molar-refractivity contribution in [1.29, 1.82) is 0 Å². The zero-order chi connectivity index (χ0) is 29.3. The van der Waals surface area contributed by atoms with Gasteiger partial charge in [0.05, 0.1) is 6.33 Å². The third-order valence-corrected chi connectivity index (χ3v) is 9.24. The average Bonchev–Trinajstić information content (AvgIpc) is 3.30. The Kier molecular flexibility index (Phi) is 9.73. The lowest BCUT2D eigenvalue weighted by Gasteiger charge is -2.28. The van der Waals surface area contributed by atoms with Crippen molar-refractivity contribution >= 4 is 34.6 Å². The summed E-state index contributed by atoms with van der Waals surface area (Å²) in [5.41, 5.74) is -1.62. The number of unbranched alkanes of at least 4 members (excludes halogenated alkanes) is 1. The van der Waals surface area contributed by atoms with Gasteiger partial charge in [0.1, 0.15) is 30.1 Å². The number of imidazole rings is 1. The van der Waals surface area contributed by atoms with Gasteiger partial charge in [-0.2, -0.15) is 8.62 Å². The highest BCUT2D eigenvalue weighted by molar-refractivity contribution is 7.66. The first kappa shape index (κ1) is 31.7. The maximum absolute atomic E-state index is 12.6. The number of phosphoric acid groups is 3. The van der Waals surface area contributed by atoms with Crippen molar-refractivity contribution in [1.82, 2.24) is 19.5 Å². The predicted molar refractivity (Wildman–Crippen MR) is 129 cm³/mol. The summed E-state index contributed by atoms with van der Waals surface area (Å²) in [6.07, 6.45) is -4.62. The monoisotopic (exact) mass is 620 g/mol. The molecule has 1 saturated heterocycles. The van der Waals surface area contributed by atoms with E-state index in [0.717, 1.165) is 17.3 Å². The molecule has 22 heteroatoms. The van der Waals surface area contributed by atoms with Gasteiger partial charge >= 0.3 is 29.2 Å².